The third-order valence-electron chi connectivity index (χ3n) is 6.27. The molecule has 22 heavy (non-hydrogen) atoms. The summed E-state index contributed by atoms with van der Waals surface area (Å²) in [7, 11) is 2.01. The number of halogens is 1. The van der Waals surface area contributed by atoms with E-state index in [9.17, 15) is 4.79 Å². The van der Waals surface area contributed by atoms with E-state index in [1.54, 1.807) is 0 Å². The van der Waals surface area contributed by atoms with Crippen molar-refractivity contribution in [2.75, 3.05) is 26.7 Å². The van der Waals surface area contributed by atoms with Gasteiger partial charge >= 0.3 is 0 Å². The molecule has 1 saturated heterocycles. The third kappa shape index (κ3) is 3.77. The van der Waals surface area contributed by atoms with Crippen LogP contribution in [0.25, 0.3) is 0 Å². The fourth-order valence-electron chi connectivity index (χ4n) is 4.67. The molecule has 1 heterocycles. The molecule has 128 valence electrons. The van der Waals surface area contributed by atoms with Gasteiger partial charge in [0.05, 0.1) is 6.54 Å². The number of hydrogen-bond acceptors (Lipinski definition) is 3. The fraction of sp³-hybridized carbons (Fsp3) is 0.941. The Kier molecular flexibility index (Phi) is 6.14. The van der Waals surface area contributed by atoms with Crippen LogP contribution in [0, 0.1) is 17.8 Å². The second-order valence-corrected chi connectivity index (χ2v) is 7.78. The Morgan fingerprint density at radius 2 is 1.82 bits per heavy atom. The Bertz CT molecular complexity index is 384. The molecule has 3 fully saturated rings. The second kappa shape index (κ2) is 7.50. The van der Waals surface area contributed by atoms with Crippen LogP contribution in [0.4, 0.5) is 0 Å². The van der Waals surface area contributed by atoms with E-state index in [2.05, 4.69) is 11.8 Å². The third-order valence-corrected chi connectivity index (χ3v) is 6.27. The maximum Gasteiger partial charge on any atom is 0.236 e. The van der Waals surface area contributed by atoms with E-state index in [0.717, 1.165) is 24.9 Å². The highest BCUT2D eigenvalue weighted by atomic mass is 35.5. The number of likely N-dealkylation sites (tertiary alicyclic amines) is 1. The van der Waals surface area contributed by atoms with Crippen molar-refractivity contribution in [3.8, 4) is 0 Å². The highest BCUT2D eigenvalue weighted by Gasteiger charge is 2.41. The first-order chi connectivity index (χ1) is 10.0. The lowest BCUT2D eigenvalue weighted by molar-refractivity contribution is -0.133. The zero-order chi connectivity index (χ0) is 15.0. The lowest BCUT2D eigenvalue weighted by Gasteiger charge is -2.34. The van der Waals surface area contributed by atoms with Crippen molar-refractivity contribution < 1.29 is 4.79 Å². The van der Waals surface area contributed by atoms with Gasteiger partial charge in [-0.25, -0.2) is 0 Å². The first-order valence-electron chi connectivity index (χ1n) is 8.78. The first-order valence-corrected chi connectivity index (χ1v) is 8.78. The topological polar surface area (TPSA) is 49.6 Å². The van der Waals surface area contributed by atoms with Crippen LogP contribution in [0.15, 0.2) is 0 Å². The zero-order valence-electron chi connectivity index (χ0n) is 14.0. The minimum Gasteiger partial charge on any atom is -0.342 e. The molecular weight excluding hydrogens is 298 g/mol. The molecule has 4 nitrogen and oxygen atoms in total. The number of hydrogen-bond donors (Lipinski definition) is 1. The number of likely N-dealkylation sites (N-methyl/N-ethyl adjacent to an activating group) is 1. The van der Waals surface area contributed by atoms with Gasteiger partial charge < -0.3 is 10.6 Å². The predicted molar refractivity (Wildman–Crippen MR) is 92.1 cm³/mol. The van der Waals surface area contributed by atoms with Crippen molar-refractivity contribution in [3.05, 3.63) is 0 Å². The van der Waals surface area contributed by atoms with Gasteiger partial charge in [0.1, 0.15) is 0 Å². The van der Waals surface area contributed by atoms with Crippen LogP contribution in [0.3, 0.4) is 0 Å². The molecule has 3 aliphatic rings. The molecule has 0 spiro atoms. The molecule has 3 rings (SSSR count). The normalized spacial score (nSPS) is 38.4. The summed E-state index contributed by atoms with van der Waals surface area (Å²) < 4.78 is 0. The Hall–Kier alpha value is -0.320. The lowest BCUT2D eigenvalue weighted by atomic mass is 9.87. The van der Waals surface area contributed by atoms with Crippen LogP contribution in [-0.2, 0) is 4.79 Å². The molecule has 0 aromatic heterocycles. The van der Waals surface area contributed by atoms with Crippen molar-refractivity contribution in [2.24, 2.45) is 23.5 Å². The van der Waals surface area contributed by atoms with Crippen molar-refractivity contribution in [3.63, 3.8) is 0 Å². The lowest BCUT2D eigenvalue weighted by Crippen LogP contribution is -2.44. The Morgan fingerprint density at radius 1 is 1.14 bits per heavy atom. The SMILES string of the molecule is CC1CCC(N(C)C(=O)CN2CC3CCC(N)C3C2)CC1.Cl. The van der Waals surface area contributed by atoms with Gasteiger partial charge in [0.15, 0.2) is 0 Å². The summed E-state index contributed by atoms with van der Waals surface area (Å²) in [5.41, 5.74) is 6.18. The van der Waals surface area contributed by atoms with Crippen molar-refractivity contribution in [1.82, 2.24) is 9.80 Å². The largest absolute Gasteiger partial charge is 0.342 e. The number of fused-ring (bicyclic) bond motifs is 1. The summed E-state index contributed by atoms with van der Waals surface area (Å²) in [6.45, 7) is 5.04. The quantitative estimate of drug-likeness (QED) is 0.862. The Morgan fingerprint density at radius 3 is 2.45 bits per heavy atom. The van der Waals surface area contributed by atoms with Crippen LogP contribution >= 0.6 is 12.4 Å². The van der Waals surface area contributed by atoms with E-state index in [4.69, 9.17) is 5.73 Å². The summed E-state index contributed by atoms with van der Waals surface area (Å²) in [5.74, 6) is 2.53. The average molecular weight is 330 g/mol. The molecule has 1 aliphatic heterocycles. The minimum atomic E-state index is 0. The fourth-order valence-corrected chi connectivity index (χ4v) is 4.67. The van der Waals surface area contributed by atoms with Crippen LogP contribution in [0.2, 0.25) is 0 Å². The first kappa shape index (κ1) is 18.0. The maximum atomic E-state index is 12.5. The van der Waals surface area contributed by atoms with Crippen molar-refractivity contribution >= 4 is 18.3 Å². The molecule has 0 aromatic rings. The molecule has 0 radical (unpaired) electrons. The summed E-state index contributed by atoms with van der Waals surface area (Å²) in [4.78, 5) is 16.9. The number of carbonyl (C=O) groups is 1. The number of amides is 1. The van der Waals surface area contributed by atoms with Gasteiger partial charge in [0.25, 0.3) is 0 Å². The highest BCUT2D eigenvalue weighted by molar-refractivity contribution is 5.85. The summed E-state index contributed by atoms with van der Waals surface area (Å²) in [5, 5.41) is 0. The highest BCUT2D eigenvalue weighted by Crippen LogP contribution is 2.37. The zero-order valence-corrected chi connectivity index (χ0v) is 14.9. The molecule has 2 saturated carbocycles. The molecule has 3 unspecified atom stereocenters. The maximum absolute atomic E-state index is 12.5. The number of carbonyl (C=O) groups excluding carboxylic acids is 1. The van der Waals surface area contributed by atoms with Gasteiger partial charge in [0.2, 0.25) is 5.91 Å². The van der Waals surface area contributed by atoms with Crippen LogP contribution in [0.5, 0.6) is 0 Å². The van der Waals surface area contributed by atoms with E-state index in [1.165, 1.54) is 38.5 Å². The predicted octanol–water partition coefficient (Wildman–Crippen LogP) is 2.11. The molecule has 1 amide bonds. The molecule has 2 N–H and O–H groups in total. The molecule has 5 heteroatoms. The van der Waals surface area contributed by atoms with Crippen LogP contribution in [-0.4, -0.2) is 54.5 Å². The van der Waals surface area contributed by atoms with Crippen LogP contribution in [0.1, 0.15) is 45.4 Å². The van der Waals surface area contributed by atoms with E-state index in [-0.39, 0.29) is 12.4 Å². The van der Waals surface area contributed by atoms with Crippen LogP contribution < -0.4 is 5.73 Å². The molecule has 0 bridgehead atoms. The van der Waals surface area contributed by atoms with Gasteiger partial charge in [-0.2, -0.15) is 0 Å². The molecule has 3 atom stereocenters. The monoisotopic (exact) mass is 329 g/mol. The standard InChI is InChI=1S/C17H31N3O.ClH/c1-12-3-6-14(7-4-12)19(2)17(21)11-20-9-13-5-8-16(18)15(13)10-20;/h12-16H,3-11,18H2,1-2H3;1H. The van der Waals surface area contributed by atoms with Gasteiger partial charge in [-0.1, -0.05) is 6.92 Å². The summed E-state index contributed by atoms with van der Waals surface area (Å²) >= 11 is 0. The minimum absolute atomic E-state index is 0. The van der Waals surface area contributed by atoms with Gasteiger partial charge in [-0.3, -0.25) is 9.69 Å². The van der Waals surface area contributed by atoms with Gasteiger partial charge in [-0.15, -0.1) is 12.4 Å². The van der Waals surface area contributed by atoms with Crippen molar-refractivity contribution in [2.45, 2.75) is 57.5 Å². The Balaban J connectivity index is 0.00000176. The van der Waals surface area contributed by atoms with E-state index < -0.39 is 0 Å². The number of nitrogens with two attached hydrogens (primary N) is 1. The van der Waals surface area contributed by atoms with E-state index >= 15 is 0 Å². The molecular formula is C17H32ClN3O. The van der Waals surface area contributed by atoms with Gasteiger partial charge in [0, 0.05) is 32.2 Å². The smallest absolute Gasteiger partial charge is 0.236 e. The second-order valence-electron chi connectivity index (χ2n) is 7.78. The summed E-state index contributed by atoms with van der Waals surface area (Å²) in [6, 6.07) is 0.839. The summed E-state index contributed by atoms with van der Waals surface area (Å²) in [6.07, 6.45) is 7.33. The van der Waals surface area contributed by atoms with Crippen molar-refractivity contribution in [1.29, 1.82) is 0 Å². The number of nitrogens with zero attached hydrogens (tertiary/aromatic N) is 2. The molecule has 2 aliphatic carbocycles. The van der Waals surface area contributed by atoms with E-state index in [1.807, 2.05) is 11.9 Å². The molecule has 0 aromatic carbocycles. The number of rotatable bonds is 3. The Labute approximate surface area is 141 Å². The van der Waals surface area contributed by atoms with Gasteiger partial charge in [-0.05, 0) is 56.3 Å². The van der Waals surface area contributed by atoms with E-state index in [0.29, 0.717) is 30.5 Å². The average Bonchev–Trinajstić information content (AvgIpc) is 3.01.